The SMILES string of the molecule is Cc1[nH]n(C(=O)c2sc3ccc(Cl)cc3c2Cl)c(=O)c1N=Nc1ccc(F)cc1. The lowest BCUT2D eigenvalue weighted by atomic mass is 10.2. The van der Waals surface area contributed by atoms with Gasteiger partial charge in [-0.05, 0) is 49.4 Å². The summed E-state index contributed by atoms with van der Waals surface area (Å²) in [6, 6.07) is 10.4. The molecule has 29 heavy (non-hydrogen) atoms. The molecule has 6 nitrogen and oxygen atoms in total. The Bertz CT molecular complexity index is 1340. The van der Waals surface area contributed by atoms with Crippen molar-refractivity contribution in [2.75, 3.05) is 0 Å². The predicted molar refractivity (Wildman–Crippen MR) is 112 cm³/mol. The minimum Gasteiger partial charge on any atom is -0.290 e. The molecule has 0 atom stereocenters. The van der Waals surface area contributed by atoms with E-state index in [1.807, 2.05) is 0 Å². The summed E-state index contributed by atoms with van der Waals surface area (Å²) in [4.78, 5) is 25.8. The van der Waals surface area contributed by atoms with E-state index in [4.69, 9.17) is 23.2 Å². The number of benzene rings is 2. The Labute approximate surface area is 177 Å². The first-order valence-corrected chi connectivity index (χ1v) is 9.83. The molecule has 0 amide bonds. The lowest BCUT2D eigenvalue weighted by Crippen LogP contribution is -2.24. The maximum Gasteiger partial charge on any atom is 0.302 e. The van der Waals surface area contributed by atoms with Gasteiger partial charge in [0.2, 0.25) is 0 Å². The fraction of sp³-hybridized carbons (Fsp3) is 0.0526. The molecule has 2 aromatic carbocycles. The molecule has 146 valence electrons. The molecule has 0 unspecified atom stereocenters. The summed E-state index contributed by atoms with van der Waals surface area (Å²) in [6.07, 6.45) is 0. The van der Waals surface area contributed by atoms with E-state index in [2.05, 4.69) is 15.3 Å². The smallest absolute Gasteiger partial charge is 0.290 e. The van der Waals surface area contributed by atoms with Crippen LogP contribution in [0.1, 0.15) is 15.4 Å². The van der Waals surface area contributed by atoms with Gasteiger partial charge in [-0.3, -0.25) is 14.7 Å². The summed E-state index contributed by atoms with van der Waals surface area (Å²) >= 11 is 13.5. The zero-order valence-electron chi connectivity index (χ0n) is 14.7. The van der Waals surface area contributed by atoms with E-state index < -0.39 is 17.3 Å². The highest BCUT2D eigenvalue weighted by Crippen LogP contribution is 2.37. The Balaban J connectivity index is 1.72. The van der Waals surface area contributed by atoms with Crippen LogP contribution in [0, 0.1) is 12.7 Å². The highest BCUT2D eigenvalue weighted by Gasteiger charge is 2.23. The summed E-state index contributed by atoms with van der Waals surface area (Å²) in [5.41, 5.74) is 0.0380. The van der Waals surface area contributed by atoms with Gasteiger partial charge in [0, 0.05) is 15.1 Å². The van der Waals surface area contributed by atoms with Gasteiger partial charge in [0.05, 0.1) is 16.4 Å². The molecule has 0 fully saturated rings. The number of H-pyrrole nitrogens is 1. The van der Waals surface area contributed by atoms with Crippen LogP contribution >= 0.6 is 34.5 Å². The minimum absolute atomic E-state index is 0.0250. The molecule has 0 aliphatic heterocycles. The van der Waals surface area contributed by atoms with Crippen molar-refractivity contribution in [1.29, 1.82) is 0 Å². The van der Waals surface area contributed by atoms with Crippen molar-refractivity contribution in [1.82, 2.24) is 9.78 Å². The molecule has 0 spiro atoms. The molecule has 1 N–H and O–H groups in total. The van der Waals surface area contributed by atoms with Crippen molar-refractivity contribution < 1.29 is 9.18 Å². The highest BCUT2D eigenvalue weighted by molar-refractivity contribution is 7.21. The Morgan fingerprint density at radius 2 is 1.86 bits per heavy atom. The number of thiophene rings is 1. The van der Waals surface area contributed by atoms with Crippen molar-refractivity contribution in [2.24, 2.45) is 10.2 Å². The van der Waals surface area contributed by atoms with Crippen molar-refractivity contribution in [3.05, 3.63) is 79.3 Å². The van der Waals surface area contributed by atoms with Crippen molar-refractivity contribution >= 4 is 61.9 Å². The molecule has 4 rings (SSSR count). The van der Waals surface area contributed by atoms with Gasteiger partial charge in [0.15, 0.2) is 5.69 Å². The number of halogens is 3. The average Bonchev–Trinajstić information content (AvgIpc) is 3.17. The molecule has 0 aliphatic rings. The first kappa shape index (κ1) is 19.5. The lowest BCUT2D eigenvalue weighted by molar-refractivity contribution is 0.0945. The number of aromatic amines is 1. The Morgan fingerprint density at radius 3 is 2.59 bits per heavy atom. The number of aryl methyl sites for hydroxylation is 1. The maximum absolute atomic E-state index is 13.0. The molecule has 10 heteroatoms. The fourth-order valence-corrected chi connectivity index (χ4v) is 4.28. The van der Waals surface area contributed by atoms with Gasteiger partial charge in [-0.2, -0.15) is 9.80 Å². The van der Waals surface area contributed by atoms with Crippen LogP contribution in [0.4, 0.5) is 15.8 Å². The molecular weight excluding hydrogens is 438 g/mol. The number of nitrogens with one attached hydrogen (secondary N) is 1. The highest BCUT2D eigenvalue weighted by atomic mass is 35.5. The number of carbonyl (C=O) groups excluding carboxylic acids is 1. The second-order valence-electron chi connectivity index (χ2n) is 6.09. The van der Waals surface area contributed by atoms with Gasteiger partial charge in [-0.1, -0.05) is 23.2 Å². The van der Waals surface area contributed by atoms with Crippen molar-refractivity contribution in [3.63, 3.8) is 0 Å². The summed E-state index contributed by atoms with van der Waals surface area (Å²) in [6.45, 7) is 1.59. The molecule has 0 saturated carbocycles. The van der Waals surface area contributed by atoms with E-state index in [9.17, 15) is 14.0 Å². The number of aromatic nitrogens is 2. The van der Waals surface area contributed by atoms with E-state index in [-0.39, 0.29) is 15.6 Å². The van der Waals surface area contributed by atoms with Gasteiger partial charge in [0.1, 0.15) is 10.7 Å². The molecule has 0 aliphatic carbocycles. The van der Waals surface area contributed by atoms with E-state index in [1.165, 1.54) is 24.3 Å². The Hall–Kier alpha value is -2.81. The third-order valence-electron chi connectivity index (χ3n) is 4.12. The van der Waals surface area contributed by atoms with Gasteiger partial charge in [-0.25, -0.2) is 4.39 Å². The third-order valence-corrected chi connectivity index (χ3v) is 6.02. The topological polar surface area (TPSA) is 79.6 Å². The zero-order valence-corrected chi connectivity index (χ0v) is 17.1. The van der Waals surface area contributed by atoms with Crippen LogP contribution in [0.3, 0.4) is 0 Å². The van der Waals surface area contributed by atoms with E-state index in [0.717, 1.165) is 20.7 Å². The number of fused-ring (bicyclic) bond motifs is 1. The number of nitrogens with zero attached hydrogens (tertiary/aromatic N) is 3. The van der Waals surface area contributed by atoms with Crippen LogP contribution in [0.15, 0.2) is 57.5 Å². The number of hydrogen-bond donors (Lipinski definition) is 1. The quantitative estimate of drug-likeness (QED) is 0.375. The van der Waals surface area contributed by atoms with Gasteiger partial charge in [0.25, 0.3) is 5.91 Å². The van der Waals surface area contributed by atoms with Crippen molar-refractivity contribution in [2.45, 2.75) is 6.92 Å². The molecule has 0 bridgehead atoms. The number of rotatable bonds is 3. The first-order chi connectivity index (χ1) is 13.8. The number of hydrogen-bond acceptors (Lipinski definition) is 5. The van der Waals surface area contributed by atoms with Crippen molar-refractivity contribution in [3.8, 4) is 0 Å². The summed E-state index contributed by atoms with van der Waals surface area (Å²) in [5.74, 6) is -1.01. The van der Waals surface area contributed by atoms with Gasteiger partial charge < -0.3 is 0 Å². The standard InChI is InChI=1S/C19H11Cl2FN4O2S/c1-9-16(24-23-12-5-3-11(22)4-6-12)18(27)26(25-9)19(28)17-15(21)13-8-10(20)2-7-14(13)29-17/h2-8,25H,1H3. The third kappa shape index (κ3) is 3.62. The van der Waals surface area contributed by atoms with Gasteiger partial charge >= 0.3 is 5.56 Å². The van der Waals surface area contributed by atoms with Crippen LogP contribution in [0.2, 0.25) is 10.0 Å². The maximum atomic E-state index is 13.0. The summed E-state index contributed by atoms with van der Waals surface area (Å²) in [7, 11) is 0. The largest absolute Gasteiger partial charge is 0.302 e. The van der Waals surface area contributed by atoms with Gasteiger partial charge in [-0.15, -0.1) is 16.5 Å². The normalized spacial score (nSPS) is 11.6. The first-order valence-electron chi connectivity index (χ1n) is 8.26. The number of azo groups is 1. The fourth-order valence-electron chi connectivity index (χ4n) is 2.69. The predicted octanol–water partition coefficient (Wildman–Crippen LogP) is 6.25. The second-order valence-corrected chi connectivity index (χ2v) is 7.96. The van der Waals surface area contributed by atoms with Crippen LogP contribution in [-0.4, -0.2) is 15.7 Å². The van der Waals surface area contributed by atoms with E-state index in [0.29, 0.717) is 21.8 Å². The lowest BCUT2D eigenvalue weighted by Gasteiger charge is -1.98. The minimum atomic E-state index is -0.662. The zero-order chi connectivity index (χ0) is 20.7. The molecule has 4 aromatic rings. The van der Waals surface area contributed by atoms with Crippen LogP contribution < -0.4 is 5.56 Å². The van der Waals surface area contributed by atoms with Crippen LogP contribution in [-0.2, 0) is 0 Å². The molecule has 2 heterocycles. The molecule has 2 aromatic heterocycles. The summed E-state index contributed by atoms with van der Waals surface area (Å²) < 4.78 is 14.6. The Morgan fingerprint density at radius 1 is 1.14 bits per heavy atom. The van der Waals surface area contributed by atoms with Crippen LogP contribution in [0.25, 0.3) is 10.1 Å². The van der Waals surface area contributed by atoms with E-state index in [1.54, 1.807) is 25.1 Å². The second kappa shape index (κ2) is 7.55. The molecule has 0 saturated heterocycles. The molecular formula is C19H11Cl2FN4O2S. The van der Waals surface area contributed by atoms with Crippen LogP contribution in [0.5, 0.6) is 0 Å². The average molecular weight is 449 g/mol. The Kier molecular flexibility index (Phi) is 5.08. The number of carbonyl (C=O) groups is 1. The van der Waals surface area contributed by atoms with E-state index >= 15 is 0 Å². The monoisotopic (exact) mass is 448 g/mol. The summed E-state index contributed by atoms with van der Waals surface area (Å²) in [5, 5.41) is 11.9. The molecule has 0 radical (unpaired) electrons.